The molecule has 7 nitrogen and oxygen atoms in total. The van der Waals surface area contributed by atoms with Crippen molar-refractivity contribution in [1.82, 2.24) is 15.3 Å². The van der Waals surface area contributed by atoms with Gasteiger partial charge in [-0.15, -0.1) is 0 Å². The van der Waals surface area contributed by atoms with Crippen LogP contribution in [0.5, 0.6) is 5.75 Å². The minimum absolute atomic E-state index is 0.192. The molecular weight excluding hydrogens is 332 g/mol. The molecule has 1 aliphatic heterocycles. The Balaban J connectivity index is 1.50. The lowest BCUT2D eigenvalue weighted by atomic mass is 10.1. The third kappa shape index (κ3) is 4.92. The minimum Gasteiger partial charge on any atom is -0.496 e. The third-order valence-corrected chi connectivity index (χ3v) is 4.27. The Bertz CT molecular complexity index is 732. The number of hydrogen-bond acceptors (Lipinski definition) is 6. The first kappa shape index (κ1) is 18.1. The van der Waals surface area contributed by atoms with E-state index in [1.807, 2.05) is 24.3 Å². The van der Waals surface area contributed by atoms with E-state index in [1.54, 1.807) is 19.4 Å². The van der Waals surface area contributed by atoms with E-state index >= 15 is 0 Å². The SMILES string of the molecule is COc1ccccc1CCNC(=O)c1ccnc(NCC2CCCO2)n1. The highest BCUT2D eigenvalue weighted by Gasteiger charge is 2.16. The van der Waals surface area contributed by atoms with Crippen LogP contribution in [-0.4, -0.2) is 48.8 Å². The Labute approximate surface area is 153 Å². The van der Waals surface area contributed by atoms with Crippen LogP contribution in [0.15, 0.2) is 36.5 Å². The quantitative estimate of drug-likeness (QED) is 0.753. The Morgan fingerprint density at radius 2 is 2.23 bits per heavy atom. The summed E-state index contributed by atoms with van der Waals surface area (Å²) in [5, 5.41) is 6.02. The lowest BCUT2D eigenvalue weighted by Crippen LogP contribution is -2.27. The molecule has 1 aliphatic rings. The van der Waals surface area contributed by atoms with Crippen molar-refractivity contribution in [3.8, 4) is 5.75 Å². The van der Waals surface area contributed by atoms with Crippen LogP contribution in [0.4, 0.5) is 5.95 Å². The molecule has 0 bridgehead atoms. The molecule has 3 rings (SSSR count). The molecule has 1 aromatic heterocycles. The van der Waals surface area contributed by atoms with Gasteiger partial charge >= 0.3 is 0 Å². The Kier molecular flexibility index (Phi) is 6.38. The highest BCUT2D eigenvalue weighted by molar-refractivity contribution is 5.92. The summed E-state index contributed by atoms with van der Waals surface area (Å²) in [6.07, 6.45) is 4.58. The second-order valence-electron chi connectivity index (χ2n) is 6.10. The maximum absolute atomic E-state index is 12.3. The van der Waals surface area contributed by atoms with Gasteiger partial charge < -0.3 is 20.1 Å². The van der Waals surface area contributed by atoms with Gasteiger partial charge in [0, 0.05) is 25.9 Å². The minimum atomic E-state index is -0.220. The third-order valence-electron chi connectivity index (χ3n) is 4.27. The average Bonchev–Trinajstić information content (AvgIpc) is 3.20. The summed E-state index contributed by atoms with van der Waals surface area (Å²) in [7, 11) is 1.64. The number of benzene rings is 1. The summed E-state index contributed by atoms with van der Waals surface area (Å²) < 4.78 is 10.9. The van der Waals surface area contributed by atoms with E-state index in [0.717, 1.165) is 30.8 Å². The fourth-order valence-corrected chi connectivity index (χ4v) is 2.89. The number of nitrogens with zero attached hydrogens (tertiary/aromatic N) is 2. The van der Waals surface area contributed by atoms with Gasteiger partial charge in [0.1, 0.15) is 11.4 Å². The second-order valence-corrected chi connectivity index (χ2v) is 6.10. The van der Waals surface area contributed by atoms with Gasteiger partial charge in [0.2, 0.25) is 5.95 Å². The van der Waals surface area contributed by atoms with E-state index < -0.39 is 0 Å². The molecule has 1 unspecified atom stereocenters. The van der Waals surface area contributed by atoms with Crippen LogP contribution in [0, 0.1) is 0 Å². The Morgan fingerprint density at radius 3 is 3.04 bits per heavy atom. The summed E-state index contributed by atoms with van der Waals surface area (Å²) in [5.41, 5.74) is 1.40. The Morgan fingerprint density at radius 1 is 1.35 bits per heavy atom. The van der Waals surface area contributed by atoms with E-state index in [0.29, 0.717) is 31.2 Å². The number of hydrogen-bond donors (Lipinski definition) is 2. The van der Waals surface area contributed by atoms with E-state index in [-0.39, 0.29) is 12.0 Å². The van der Waals surface area contributed by atoms with Gasteiger partial charge in [-0.3, -0.25) is 4.79 Å². The van der Waals surface area contributed by atoms with Crippen LogP contribution in [0.1, 0.15) is 28.9 Å². The maximum atomic E-state index is 12.3. The molecule has 0 radical (unpaired) electrons. The molecule has 0 aliphatic carbocycles. The number of methoxy groups -OCH3 is 1. The zero-order chi connectivity index (χ0) is 18.2. The van der Waals surface area contributed by atoms with Gasteiger partial charge in [-0.2, -0.15) is 0 Å². The van der Waals surface area contributed by atoms with Crippen molar-refractivity contribution >= 4 is 11.9 Å². The normalized spacial score (nSPS) is 16.3. The van der Waals surface area contributed by atoms with E-state index in [9.17, 15) is 4.79 Å². The molecule has 1 atom stereocenters. The molecule has 2 aromatic rings. The van der Waals surface area contributed by atoms with Crippen LogP contribution >= 0.6 is 0 Å². The lowest BCUT2D eigenvalue weighted by Gasteiger charge is -2.11. The number of ether oxygens (including phenoxy) is 2. The average molecular weight is 356 g/mol. The number of rotatable bonds is 8. The number of nitrogens with one attached hydrogen (secondary N) is 2. The molecule has 138 valence electrons. The summed E-state index contributed by atoms with van der Waals surface area (Å²) in [6.45, 7) is 1.96. The van der Waals surface area contributed by atoms with Crippen molar-refractivity contribution in [3.05, 3.63) is 47.8 Å². The maximum Gasteiger partial charge on any atom is 0.270 e. The molecule has 1 fully saturated rings. The zero-order valence-corrected chi connectivity index (χ0v) is 14.9. The zero-order valence-electron chi connectivity index (χ0n) is 14.9. The van der Waals surface area contributed by atoms with Gasteiger partial charge in [0.05, 0.1) is 13.2 Å². The summed E-state index contributed by atoms with van der Waals surface area (Å²) in [4.78, 5) is 20.8. The topological polar surface area (TPSA) is 85.4 Å². The predicted octanol–water partition coefficient (Wildman–Crippen LogP) is 2.05. The number of carbonyl (C=O) groups excluding carboxylic acids is 1. The van der Waals surface area contributed by atoms with Gasteiger partial charge in [-0.05, 0) is 37.0 Å². The molecule has 0 spiro atoms. The smallest absolute Gasteiger partial charge is 0.270 e. The van der Waals surface area contributed by atoms with Crippen LogP contribution in [0.3, 0.4) is 0 Å². The van der Waals surface area contributed by atoms with Crippen molar-refractivity contribution in [1.29, 1.82) is 0 Å². The fourth-order valence-electron chi connectivity index (χ4n) is 2.89. The van der Waals surface area contributed by atoms with E-state index in [1.165, 1.54) is 0 Å². The van der Waals surface area contributed by atoms with Crippen molar-refractivity contribution in [2.75, 3.05) is 32.1 Å². The van der Waals surface area contributed by atoms with Crippen molar-refractivity contribution in [2.45, 2.75) is 25.4 Å². The molecule has 7 heteroatoms. The first-order valence-corrected chi connectivity index (χ1v) is 8.85. The van der Waals surface area contributed by atoms with Crippen molar-refractivity contribution < 1.29 is 14.3 Å². The van der Waals surface area contributed by atoms with Crippen LogP contribution in [0.2, 0.25) is 0 Å². The van der Waals surface area contributed by atoms with Crippen molar-refractivity contribution in [3.63, 3.8) is 0 Å². The molecule has 26 heavy (non-hydrogen) atoms. The summed E-state index contributed by atoms with van der Waals surface area (Å²) >= 11 is 0. The predicted molar refractivity (Wildman–Crippen MR) is 98.5 cm³/mol. The Hall–Kier alpha value is -2.67. The molecule has 1 saturated heterocycles. The molecular formula is C19H24N4O3. The van der Waals surface area contributed by atoms with E-state index in [4.69, 9.17) is 9.47 Å². The molecule has 2 N–H and O–H groups in total. The van der Waals surface area contributed by atoms with Gasteiger partial charge in [-0.1, -0.05) is 18.2 Å². The highest BCUT2D eigenvalue weighted by Crippen LogP contribution is 2.17. The molecule has 0 saturated carbocycles. The first-order valence-electron chi connectivity index (χ1n) is 8.85. The lowest BCUT2D eigenvalue weighted by molar-refractivity contribution is 0.0949. The van der Waals surface area contributed by atoms with Crippen LogP contribution < -0.4 is 15.4 Å². The standard InChI is InChI=1S/C19H24N4O3/c1-25-17-7-3-2-5-14(17)8-10-20-18(24)16-9-11-21-19(23-16)22-13-15-6-4-12-26-15/h2-3,5,7,9,11,15H,4,6,8,10,12-13H2,1H3,(H,20,24)(H,21,22,23). The number of anilines is 1. The first-order chi connectivity index (χ1) is 12.8. The van der Waals surface area contributed by atoms with E-state index in [2.05, 4.69) is 20.6 Å². The second kappa shape index (κ2) is 9.15. The van der Waals surface area contributed by atoms with Gasteiger partial charge in [-0.25, -0.2) is 9.97 Å². The van der Waals surface area contributed by atoms with Gasteiger partial charge in [0.25, 0.3) is 5.91 Å². The van der Waals surface area contributed by atoms with Crippen LogP contribution in [-0.2, 0) is 11.2 Å². The highest BCUT2D eigenvalue weighted by atomic mass is 16.5. The van der Waals surface area contributed by atoms with Crippen LogP contribution in [0.25, 0.3) is 0 Å². The molecule has 2 heterocycles. The summed E-state index contributed by atoms with van der Waals surface area (Å²) in [6, 6.07) is 9.38. The number of amides is 1. The van der Waals surface area contributed by atoms with Gasteiger partial charge in [0.15, 0.2) is 0 Å². The molecule has 1 aromatic carbocycles. The largest absolute Gasteiger partial charge is 0.496 e. The monoisotopic (exact) mass is 356 g/mol. The summed E-state index contributed by atoms with van der Waals surface area (Å²) in [5.74, 6) is 1.05. The van der Waals surface area contributed by atoms with Crippen molar-refractivity contribution in [2.24, 2.45) is 0 Å². The number of para-hydroxylation sites is 1. The molecule has 1 amide bonds. The fraction of sp³-hybridized carbons (Fsp3) is 0.421. The number of carbonyl (C=O) groups is 1. The number of aromatic nitrogens is 2.